The zero-order chi connectivity index (χ0) is 14.5. The zero-order valence-corrected chi connectivity index (χ0v) is 12.8. The Morgan fingerprint density at radius 1 is 1.10 bits per heavy atom. The summed E-state index contributed by atoms with van der Waals surface area (Å²) in [6.07, 6.45) is 2.02. The molecule has 2 aromatic carbocycles. The Morgan fingerprint density at radius 2 is 1.80 bits per heavy atom. The molecule has 20 heavy (non-hydrogen) atoms. The van der Waals surface area contributed by atoms with Crippen molar-refractivity contribution in [2.75, 3.05) is 11.6 Å². The third kappa shape index (κ3) is 3.64. The van der Waals surface area contributed by atoms with E-state index in [4.69, 9.17) is 0 Å². The van der Waals surface area contributed by atoms with Crippen LogP contribution in [0.5, 0.6) is 0 Å². The van der Waals surface area contributed by atoms with Crippen molar-refractivity contribution in [1.29, 1.82) is 0 Å². The summed E-state index contributed by atoms with van der Waals surface area (Å²) in [6.45, 7) is 4.28. The minimum Gasteiger partial charge on any atom is -0.322 e. The van der Waals surface area contributed by atoms with Gasteiger partial charge in [0.2, 0.25) is 0 Å². The average Bonchev–Trinajstić information content (AvgIpc) is 2.47. The molecule has 0 heterocycles. The summed E-state index contributed by atoms with van der Waals surface area (Å²) in [4.78, 5) is 13.3. The van der Waals surface area contributed by atoms with Crippen molar-refractivity contribution < 1.29 is 4.79 Å². The molecule has 0 radical (unpaired) electrons. The monoisotopic (exact) mass is 285 g/mol. The molecule has 104 valence electrons. The van der Waals surface area contributed by atoms with Crippen LogP contribution in [0.3, 0.4) is 0 Å². The maximum Gasteiger partial charge on any atom is 0.255 e. The normalized spacial score (nSPS) is 10.6. The van der Waals surface area contributed by atoms with Gasteiger partial charge in [0.05, 0.1) is 0 Å². The molecule has 0 saturated carbocycles. The molecule has 2 rings (SSSR count). The standard InChI is InChI=1S/C17H19NOS/c1-12(2)14-5-4-6-15(11-14)18-17(19)13-7-9-16(20-3)10-8-13/h4-12H,1-3H3,(H,18,19). The van der Waals surface area contributed by atoms with Crippen LogP contribution in [0.2, 0.25) is 0 Å². The molecule has 0 aliphatic heterocycles. The SMILES string of the molecule is CSc1ccc(C(=O)Nc2cccc(C(C)C)c2)cc1. The Balaban J connectivity index is 2.12. The first kappa shape index (κ1) is 14.7. The van der Waals surface area contributed by atoms with Crippen LogP contribution in [0.15, 0.2) is 53.4 Å². The summed E-state index contributed by atoms with van der Waals surface area (Å²) < 4.78 is 0. The summed E-state index contributed by atoms with van der Waals surface area (Å²) in [5.41, 5.74) is 2.74. The summed E-state index contributed by atoms with van der Waals surface area (Å²) in [5, 5.41) is 2.95. The fourth-order valence-electron chi connectivity index (χ4n) is 1.92. The van der Waals surface area contributed by atoms with Crippen LogP contribution in [-0.4, -0.2) is 12.2 Å². The summed E-state index contributed by atoms with van der Waals surface area (Å²) in [6, 6.07) is 15.6. The molecule has 0 atom stereocenters. The lowest BCUT2D eigenvalue weighted by atomic mass is 10.0. The Morgan fingerprint density at radius 3 is 2.40 bits per heavy atom. The number of thioether (sulfide) groups is 1. The zero-order valence-electron chi connectivity index (χ0n) is 12.0. The number of rotatable bonds is 4. The van der Waals surface area contributed by atoms with E-state index in [1.807, 2.05) is 48.7 Å². The number of amides is 1. The van der Waals surface area contributed by atoms with Gasteiger partial charge in [0.1, 0.15) is 0 Å². The fourth-order valence-corrected chi connectivity index (χ4v) is 2.33. The Labute approximate surface area is 124 Å². The first-order valence-electron chi connectivity index (χ1n) is 6.65. The molecule has 2 aromatic rings. The molecule has 0 bridgehead atoms. The number of anilines is 1. The molecule has 0 saturated heterocycles. The molecule has 0 fully saturated rings. The Bertz CT molecular complexity index is 590. The third-order valence-electron chi connectivity index (χ3n) is 3.16. The molecular weight excluding hydrogens is 266 g/mol. The number of benzene rings is 2. The second kappa shape index (κ2) is 6.62. The molecular formula is C17H19NOS. The van der Waals surface area contributed by atoms with E-state index in [1.165, 1.54) is 5.56 Å². The Kier molecular flexibility index (Phi) is 4.85. The molecule has 0 aliphatic rings. The van der Waals surface area contributed by atoms with Gasteiger partial charge in [-0.3, -0.25) is 4.79 Å². The van der Waals surface area contributed by atoms with Gasteiger partial charge in [-0.2, -0.15) is 0 Å². The highest BCUT2D eigenvalue weighted by Gasteiger charge is 2.07. The lowest BCUT2D eigenvalue weighted by Gasteiger charge is -2.09. The highest BCUT2D eigenvalue weighted by Crippen LogP contribution is 2.20. The van der Waals surface area contributed by atoms with E-state index in [0.717, 1.165) is 10.6 Å². The van der Waals surface area contributed by atoms with Gasteiger partial charge in [0, 0.05) is 16.1 Å². The van der Waals surface area contributed by atoms with Crippen molar-refractivity contribution >= 4 is 23.4 Å². The second-order valence-electron chi connectivity index (χ2n) is 4.96. The van der Waals surface area contributed by atoms with E-state index in [-0.39, 0.29) is 5.91 Å². The first-order chi connectivity index (χ1) is 9.60. The van der Waals surface area contributed by atoms with Gasteiger partial charge in [-0.1, -0.05) is 26.0 Å². The highest BCUT2D eigenvalue weighted by molar-refractivity contribution is 7.98. The van der Waals surface area contributed by atoms with Crippen molar-refractivity contribution in [2.45, 2.75) is 24.7 Å². The number of nitrogens with one attached hydrogen (secondary N) is 1. The summed E-state index contributed by atoms with van der Waals surface area (Å²) in [7, 11) is 0. The van der Waals surface area contributed by atoms with Crippen molar-refractivity contribution in [3.8, 4) is 0 Å². The van der Waals surface area contributed by atoms with Gasteiger partial charge in [0.25, 0.3) is 5.91 Å². The van der Waals surface area contributed by atoms with Crippen molar-refractivity contribution in [3.63, 3.8) is 0 Å². The van der Waals surface area contributed by atoms with Crippen molar-refractivity contribution in [2.24, 2.45) is 0 Å². The molecule has 0 aromatic heterocycles. The lowest BCUT2D eigenvalue weighted by Crippen LogP contribution is -2.11. The average molecular weight is 285 g/mol. The van der Waals surface area contributed by atoms with E-state index < -0.39 is 0 Å². The number of hydrogen-bond donors (Lipinski definition) is 1. The molecule has 2 nitrogen and oxygen atoms in total. The van der Waals surface area contributed by atoms with Gasteiger partial charge >= 0.3 is 0 Å². The Hall–Kier alpha value is -1.74. The van der Waals surface area contributed by atoms with Gasteiger partial charge < -0.3 is 5.32 Å². The van der Waals surface area contributed by atoms with E-state index in [1.54, 1.807) is 11.8 Å². The first-order valence-corrected chi connectivity index (χ1v) is 7.88. The van der Waals surface area contributed by atoms with Crippen LogP contribution in [-0.2, 0) is 0 Å². The summed E-state index contributed by atoms with van der Waals surface area (Å²) in [5.74, 6) is 0.381. The largest absolute Gasteiger partial charge is 0.322 e. The van der Waals surface area contributed by atoms with E-state index in [0.29, 0.717) is 11.5 Å². The number of carbonyl (C=O) groups excluding carboxylic acids is 1. The van der Waals surface area contributed by atoms with Gasteiger partial charge in [-0.15, -0.1) is 11.8 Å². The minimum absolute atomic E-state index is 0.0708. The third-order valence-corrected chi connectivity index (χ3v) is 3.91. The maximum absolute atomic E-state index is 12.2. The van der Waals surface area contributed by atoms with Crippen LogP contribution in [0.4, 0.5) is 5.69 Å². The van der Waals surface area contributed by atoms with Crippen molar-refractivity contribution in [3.05, 3.63) is 59.7 Å². The fraction of sp³-hybridized carbons (Fsp3) is 0.235. The van der Waals surface area contributed by atoms with Crippen molar-refractivity contribution in [1.82, 2.24) is 0 Å². The van der Waals surface area contributed by atoms with Crippen LogP contribution < -0.4 is 5.32 Å². The smallest absolute Gasteiger partial charge is 0.255 e. The maximum atomic E-state index is 12.2. The molecule has 1 N–H and O–H groups in total. The quantitative estimate of drug-likeness (QED) is 0.819. The number of carbonyl (C=O) groups is 1. The molecule has 3 heteroatoms. The van der Waals surface area contributed by atoms with Gasteiger partial charge in [-0.05, 0) is 54.1 Å². The van der Waals surface area contributed by atoms with Gasteiger partial charge in [-0.25, -0.2) is 0 Å². The topological polar surface area (TPSA) is 29.1 Å². The van der Waals surface area contributed by atoms with Crippen LogP contribution in [0.25, 0.3) is 0 Å². The predicted molar refractivity (Wildman–Crippen MR) is 86.7 cm³/mol. The van der Waals surface area contributed by atoms with E-state index >= 15 is 0 Å². The number of hydrogen-bond acceptors (Lipinski definition) is 2. The molecule has 1 amide bonds. The molecule has 0 aliphatic carbocycles. The van der Waals surface area contributed by atoms with E-state index in [9.17, 15) is 4.79 Å². The minimum atomic E-state index is -0.0708. The van der Waals surface area contributed by atoms with Crippen LogP contribution >= 0.6 is 11.8 Å². The second-order valence-corrected chi connectivity index (χ2v) is 5.84. The predicted octanol–water partition coefficient (Wildman–Crippen LogP) is 4.78. The van der Waals surface area contributed by atoms with Gasteiger partial charge in [0.15, 0.2) is 0 Å². The lowest BCUT2D eigenvalue weighted by molar-refractivity contribution is 0.102. The molecule has 0 spiro atoms. The van der Waals surface area contributed by atoms with Crippen LogP contribution in [0.1, 0.15) is 35.7 Å². The summed E-state index contributed by atoms with van der Waals surface area (Å²) >= 11 is 1.67. The van der Waals surface area contributed by atoms with Crippen LogP contribution in [0, 0.1) is 0 Å². The van der Waals surface area contributed by atoms with E-state index in [2.05, 4.69) is 25.2 Å². The highest BCUT2D eigenvalue weighted by atomic mass is 32.2. The molecule has 0 unspecified atom stereocenters.